The number of aliphatic imine (C=N–C) groups is 1. The van der Waals surface area contributed by atoms with Gasteiger partial charge in [-0.1, -0.05) is 25.5 Å². The van der Waals surface area contributed by atoms with Gasteiger partial charge in [0.1, 0.15) is 0 Å². The number of hydrogen-bond donors (Lipinski definition) is 3. The molecule has 0 spiro atoms. The topological polar surface area (TPSA) is 84.0 Å². The molecule has 3 N–H and O–H groups in total. The molecule has 1 aromatic rings. The van der Waals surface area contributed by atoms with Gasteiger partial charge in [-0.05, 0) is 43.4 Å². The number of unbranched alkanes of at least 4 members (excludes halogenated alkanes) is 1. The molecule has 1 fully saturated rings. The van der Waals surface area contributed by atoms with Gasteiger partial charge in [0.05, 0.1) is 12.7 Å². The predicted molar refractivity (Wildman–Crippen MR) is 132 cm³/mol. The average Bonchev–Trinajstić information content (AvgIpc) is 3.26. The van der Waals surface area contributed by atoms with Crippen LogP contribution in [0.25, 0.3) is 0 Å². The van der Waals surface area contributed by atoms with E-state index < -0.39 is 0 Å². The fourth-order valence-corrected chi connectivity index (χ4v) is 3.03. The van der Waals surface area contributed by atoms with Crippen molar-refractivity contribution in [3.05, 3.63) is 35.4 Å². The van der Waals surface area contributed by atoms with Gasteiger partial charge in [-0.3, -0.25) is 9.79 Å². The molecule has 30 heavy (non-hydrogen) atoms. The van der Waals surface area contributed by atoms with E-state index in [1.165, 1.54) is 0 Å². The summed E-state index contributed by atoms with van der Waals surface area (Å²) in [4.78, 5) is 16.3. The third kappa shape index (κ3) is 10.6. The van der Waals surface area contributed by atoms with Gasteiger partial charge in [-0.15, -0.1) is 24.0 Å². The first-order chi connectivity index (χ1) is 14.2. The Labute approximate surface area is 197 Å². The standard InChI is InChI=1S/C22H36N4O3.HI/c1-3-4-12-24-21(27)19-10-8-18(9-11-19)16-26-22(23-2)25-13-6-14-28-17-20-7-5-15-29-20;/h8-11,20H,3-7,12-17H2,1-2H3,(H,24,27)(H2,23,25,26);1H. The van der Waals surface area contributed by atoms with Crippen LogP contribution in [0.4, 0.5) is 0 Å². The van der Waals surface area contributed by atoms with Crippen molar-refractivity contribution in [3.8, 4) is 0 Å². The largest absolute Gasteiger partial charge is 0.379 e. The fraction of sp³-hybridized carbons (Fsp3) is 0.636. The lowest BCUT2D eigenvalue weighted by molar-refractivity contribution is 0.0168. The normalized spacial score (nSPS) is 16.1. The van der Waals surface area contributed by atoms with Gasteiger partial charge >= 0.3 is 0 Å². The minimum absolute atomic E-state index is 0. The highest BCUT2D eigenvalue weighted by Crippen LogP contribution is 2.11. The van der Waals surface area contributed by atoms with Crippen LogP contribution in [0, 0.1) is 0 Å². The lowest BCUT2D eigenvalue weighted by Crippen LogP contribution is -2.37. The van der Waals surface area contributed by atoms with E-state index in [1.54, 1.807) is 7.05 Å². The van der Waals surface area contributed by atoms with Gasteiger partial charge < -0.3 is 25.4 Å². The molecule has 1 unspecified atom stereocenters. The number of ether oxygens (including phenoxy) is 2. The molecule has 0 radical (unpaired) electrons. The average molecular weight is 532 g/mol. The molecule has 0 saturated carbocycles. The Morgan fingerprint density at radius 2 is 1.93 bits per heavy atom. The molecule has 0 aliphatic carbocycles. The van der Waals surface area contributed by atoms with Crippen LogP contribution in [-0.2, 0) is 16.0 Å². The molecule has 1 aromatic carbocycles. The van der Waals surface area contributed by atoms with Crippen molar-refractivity contribution in [2.75, 3.05) is 40.0 Å². The lowest BCUT2D eigenvalue weighted by Gasteiger charge is -2.13. The maximum Gasteiger partial charge on any atom is 0.251 e. The number of carbonyl (C=O) groups excluding carboxylic acids is 1. The van der Waals surface area contributed by atoms with E-state index in [1.807, 2.05) is 24.3 Å². The molecule has 8 heteroatoms. The maximum atomic E-state index is 12.0. The number of nitrogens with one attached hydrogen (secondary N) is 3. The highest BCUT2D eigenvalue weighted by atomic mass is 127. The molecule has 2 rings (SSSR count). The first-order valence-corrected chi connectivity index (χ1v) is 10.7. The third-order valence-corrected chi connectivity index (χ3v) is 4.80. The Morgan fingerprint density at radius 1 is 1.17 bits per heavy atom. The quantitative estimate of drug-likeness (QED) is 0.167. The number of benzene rings is 1. The predicted octanol–water partition coefficient (Wildman–Crippen LogP) is 3.09. The van der Waals surface area contributed by atoms with Crippen molar-refractivity contribution in [1.29, 1.82) is 0 Å². The van der Waals surface area contributed by atoms with Gasteiger partial charge in [0, 0.05) is 45.5 Å². The highest BCUT2D eigenvalue weighted by Gasteiger charge is 2.14. The molecule has 170 valence electrons. The van der Waals surface area contributed by atoms with Gasteiger partial charge in [0.2, 0.25) is 0 Å². The van der Waals surface area contributed by atoms with Gasteiger partial charge in [0.25, 0.3) is 5.91 Å². The number of nitrogens with zero attached hydrogens (tertiary/aromatic N) is 1. The second kappa shape index (κ2) is 16.3. The molecule has 1 aliphatic rings. The molecule has 7 nitrogen and oxygen atoms in total. The van der Waals surface area contributed by atoms with Crippen LogP contribution in [0.15, 0.2) is 29.3 Å². The number of rotatable bonds is 12. The van der Waals surface area contributed by atoms with Crippen LogP contribution in [0.1, 0.15) is 54.9 Å². The van der Waals surface area contributed by atoms with Crippen molar-refractivity contribution in [1.82, 2.24) is 16.0 Å². The number of amides is 1. The Hall–Kier alpha value is -1.39. The first kappa shape index (κ1) is 26.6. The Morgan fingerprint density at radius 3 is 2.60 bits per heavy atom. The zero-order valence-electron chi connectivity index (χ0n) is 18.2. The summed E-state index contributed by atoms with van der Waals surface area (Å²) >= 11 is 0. The van der Waals surface area contributed by atoms with E-state index in [0.717, 1.165) is 63.3 Å². The summed E-state index contributed by atoms with van der Waals surface area (Å²) in [5.41, 5.74) is 1.79. The SMILES string of the molecule is CCCCNC(=O)c1ccc(CNC(=NC)NCCCOCC2CCCO2)cc1.I. The van der Waals surface area contributed by atoms with E-state index in [0.29, 0.717) is 25.3 Å². The summed E-state index contributed by atoms with van der Waals surface area (Å²) in [6.45, 7) is 6.55. The molecule has 1 saturated heterocycles. The zero-order chi connectivity index (χ0) is 20.7. The summed E-state index contributed by atoms with van der Waals surface area (Å²) in [6.07, 6.45) is 5.52. The highest BCUT2D eigenvalue weighted by molar-refractivity contribution is 14.0. The van der Waals surface area contributed by atoms with Crippen molar-refractivity contribution in [2.45, 2.75) is 51.7 Å². The molecule has 1 heterocycles. The van der Waals surface area contributed by atoms with E-state index in [-0.39, 0.29) is 36.0 Å². The van der Waals surface area contributed by atoms with E-state index in [2.05, 4.69) is 27.9 Å². The number of carbonyl (C=O) groups is 1. The second-order valence-electron chi connectivity index (χ2n) is 7.22. The minimum atomic E-state index is -0.0165. The minimum Gasteiger partial charge on any atom is -0.379 e. The van der Waals surface area contributed by atoms with Crippen LogP contribution in [-0.4, -0.2) is 57.9 Å². The fourth-order valence-electron chi connectivity index (χ4n) is 3.03. The van der Waals surface area contributed by atoms with E-state index >= 15 is 0 Å². The molecule has 1 atom stereocenters. The number of halogens is 1. The zero-order valence-corrected chi connectivity index (χ0v) is 20.6. The van der Waals surface area contributed by atoms with Crippen LogP contribution in [0.3, 0.4) is 0 Å². The Kier molecular flexibility index (Phi) is 14.5. The van der Waals surface area contributed by atoms with E-state index in [9.17, 15) is 4.79 Å². The summed E-state index contributed by atoms with van der Waals surface area (Å²) in [5, 5.41) is 9.51. The molecule has 1 amide bonds. The van der Waals surface area contributed by atoms with Gasteiger partial charge in [-0.2, -0.15) is 0 Å². The summed E-state index contributed by atoms with van der Waals surface area (Å²) in [5.74, 6) is 0.739. The van der Waals surface area contributed by atoms with Gasteiger partial charge in [0.15, 0.2) is 5.96 Å². The summed E-state index contributed by atoms with van der Waals surface area (Å²) in [6, 6.07) is 7.65. The smallest absolute Gasteiger partial charge is 0.251 e. The van der Waals surface area contributed by atoms with Crippen molar-refractivity contribution >= 4 is 35.8 Å². The van der Waals surface area contributed by atoms with Gasteiger partial charge in [-0.25, -0.2) is 0 Å². The van der Waals surface area contributed by atoms with Crippen molar-refractivity contribution < 1.29 is 14.3 Å². The molecule has 0 aromatic heterocycles. The van der Waals surface area contributed by atoms with Crippen molar-refractivity contribution in [2.24, 2.45) is 4.99 Å². The van der Waals surface area contributed by atoms with Crippen LogP contribution < -0.4 is 16.0 Å². The maximum absolute atomic E-state index is 12.0. The van der Waals surface area contributed by atoms with Crippen LogP contribution in [0.2, 0.25) is 0 Å². The van der Waals surface area contributed by atoms with Crippen molar-refractivity contribution in [3.63, 3.8) is 0 Å². The molecular weight excluding hydrogens is 495 g/mol. The molecule has 1 aliphatic heterocycles. The summed E-state index contributed by atoms with van der Waals surface area (Å²) in [7, 11) is 1.76. The van der Waals surface area contributed by atoms with Crippen LogP contribution in [0.5, 0.6) is 0 Å². The second-order valence-corrected chi connectivity index (χ2v) is 7.22. The van der Waals surface area contributed by atoms with E-state index in [4.69, 9.17) is 9.47 Å². The number of hydrogen-bond acceptors (Lipinski definition) is 4. The Bertz CT molecular complexity index is 619. The van der Waals surface area contributed by atoms with Crippen LogP contribution >= 0.6 is 24.0 Å². The summed E-state index contributed by atoms with van der Waals surface area (Å²) < 4.78 is 11.2. The Balaban J connectivity index is 0.00000450. The number of guanidine groups is 1. The molecular formula is C22H37IN4O3. The third-order valence-electron chi connectivity index (χ3n) is 4.80. The lowest BCUT2D eigenvalue weighted by atomic mass is 10.1. The monoisotopic (exact) mass is 532 g/mol. The molecule has 0 bridgehead atoms. The first-order valence-electron chi connectivity index (χ1n) is 10.7.